The topological polar surface area (TPSA) is 93.5 Å². The number of nitrogens with one attached hydrogen (secondary N) is 2. The van der Waals surface area contributed by atoms with Crippen LogP contribution in [-0.4, -0.2) is 36.6 Å². The number of furan rings is 1. The Labute approximate surface area is 144 Å². The van der Waals surface area contributed by atoms with Gasteiger partial charge in [0.05, 0.1) is 23.9 Å². The maximum absolute atomic E-state index is 12.1. The fourth-order valence-corrected chi connectivity index (χ4v) is 2.79. The van der Waals surface area contributed by atoms with Crippen molar-refractivity contribution in [2.45, 2.75) is 32.7 Å². The summed E-state index contributed by atoms with van der Waals surface area (Å²) in [7, 11) is 1.63. The molecule has 0 aliphatic heterocycles. The number of thiazole rings is 1. The Hall–Kier alpha value is -2.19. The van der Waals surface area contributed by atoms with Gasteiger partial charge in [0, 0.05) is 25.1 Å². The first kappa shape index (κ1) is 18.2. The molecule has 2 rings (SSSR count). The second-order valence-electron chi connectivity index (χ2n) is 5.42. The summed E-state index contributed by atoms with van der Waals surface area (Å²) in [5.41, 5.74) is 1.09. The second kappa shape index (κ2) is 8.60. The maximum Gasteiger partial charge on any atom is 0.260 e. The number of aromatic nitrogens is 1. The van der Waals surface area contributed by atoms with E-state index in [2.05, 4.69) is 15.6 Å². The van der Waals surface area contributed by atoms with Crippen LogP contribution in [0.1, 0.15) is 35.2 Å². The smallest absolute Gasteiger partial charge is 0.260 e. The van der Waals surface area contributed by atoms with Crippen LogP contribution in [0.5, 0.6) is 0 Å². The van der Waals surface area contributed by atoms with Crippen molar-refractivity contribution in [1.82, 2.24) is 10.3 Å². The van der Waals surface area contributed by atoms with E-state index in [1.165, 1.54) is 17.6 Å². The third-order valence-corrected chi connectivity index (χ3v) is 4.19. The zero-order valence-corrected chi connectivity index (χ0v) is 14.7. The number of hydrogen-bond donors (Lipinski definition) is 2. The van der Waals surface area contributed by atoms with Gasteiger partial charge in [0.1, 0.15) is 5.76 Å². The SMILES string of the molecule is COCCC(C)NC(=O)Cc1csc(NC(=O)c2ccoc2C)n1. The van der Waals surface area contributed by atoms with Crippen LogP contribution in [0.2, 0.25) is 0 Å². The van der Waals surface area contributed by atoms with E-state index >= 15 is 0 Å². The summed E-state index contributed by atoms with van der Waals surface area (Å²) in [6.07, 6.45) is 2.39. The van der Waals surface area contributed by atoms with E-state index in [1.54, 1.807) is 25.5 Å². The lowest BCUT2D eigenvalue weighted by molar-refractivity contribution is -0.121. The van der Waals surface area contributed by atoms with Crippen molar-refractivity contribution in [2.24, 2.45) is 0 Å². The predicted molar refractivity (Wildman–Crippen MR) is 91.3 cm³/mol. The van der Waals surface area contributed by atoms with E-state index in [0.29, 0.717) is 28.8 Å². The summed E-state index contributed by atoms with van der Waals surface area (Å²) < 4.78 is 10.1. The fourth-order valence-electron chi connectivity index (χ4n) is 2.09. The zero-order valence-electron chi connectivity index (χ0n) is 13.9. The van der Waals surface area contributed by atoms with Gasteiger partial charge in [-0.3, -0.25) is 14.9 Å². The number of carbonyl (C=O) groups excluding carboxylic acids is 2. The molecular weight excluding hydrogens is 330 g/mol. The Bertz CT molecular complexity index is 695. The number of rotatable bonds is 8. The third kappa shape index (κ3) is 5.17. The van der Waals surface area contributed by atoms with Crippen LogP contribution in [0.3, 0.4) is 0 Å². The average Bonchev–Trinajstić information content (AvgIpc) is 3.14. The molecule has 1 atom stereocenters. The van der Waals surface area contributed by atoms with Gasteiger partial charge in [0.25, 0.3) is 5.91 Å². The van der Waals surface area contributed by atoms with Crippen LogP contribution in [0.15, 0.2) is 22.1 Å². The molecule has 2 heterocycles. The molecule has 0 bridgehead atoms. The van der Waals surface area contributed by atoms with Gasteiger partial charge < -0.3 is 14.5 Å². The molecule has 0 aliphatic rings. The number of hydrogen-bond acceptors (Lipinski definition) is 6. The predicted octanol–water partition coefficient (Wildman–Crippen LogP) is 2.38. The summed E-state index contributed by atoms with van der Waals surface area (Å²) in [5.74, 6) is 0.168. The van der Waals surface area contributed by atoms with E-state index in [9.17, 15) is 9.59 Å². The first-order chi connectivity index (χ1) is 11.5. The molecule has 0 saturated heterocycles. The highest BCUT2D eigenvalue weighted by Gasteiger charge is 2.15. The number of aryl methyl sites for hydroxylation is 1. The number of carbonyl (C=O) groups is 2. The molecule has 2 aromatic rings. The minimum atomic E-state index is -0.278. The molecule has 0 radical (unpaired) electrons. The van der Waals surface area contributed by atoms with Crippen molar-refractivity contribution in [3.8, 4) is 0 Å². The van der Waals surface area contributed by atoms with Crippen LogP contribution >= 0.6 is 11.3 Å². The van der Waals surface area contributed by atoms with Gasteiger partial charge in [0.15, 0.2) is 5.13 Å². The molecule has 0 fully saturated rings. The van der Waals surface area contributed by atoms with Gasteiger partial charge in [-0.15, -0.1) is 11.3 Å². The molecule has 0 aromatic carbocycles. The first-order valence-corrected chi connectivity index (χ1v) is 8.45. The van der Waals surface area contributed by atoms with Crippen LogP contribution < -0.4 is 10.6 Å². The summed E-state index contributed by atoms with van der Waals surface area (Å²) in [4.78, 5) is 28.3. The molecule has 1 unspecified atom stereocenters. The van der Waals surface area contributed by atoms with Crippen LogP contribution in [0.25, 0.3) is 0 Å². The minimum absolute atomic E-state index is 0.0410. The van der Waals surface area contributed by atoms with E-state index in [4.69, 9.17) is 9.15 Å². The van der Waals surface area contributed by atoms with Gasteiger partial charge in [-0.05, 0) is 26.3 Å². The monoisotopic (exact) mass is 351 g/mol. The van der Waals surface area contributed by atoms with Crippen molar-refractivity contribution in [1.29, 1.82) is 0 Å². The standard InChI is InChI=1S/C16H21N3O4S/c1-10(4-6-22-3)17-14(20)8-12-9-24-16(18-12)19-15(21)13-5-7-23-11(13)2/h5,7,9-10H,4,6,8H2,1-3H3,(H,17,20)(H,18,19,21). The summed E-state index contributed by atoms with van der Waals surface area (Å²) in [6, 6.07) is 1.65. The molecule has 24 heavy (non-hydrogen) atoms. The Morgan fingerprint density at radius 1 is 1.46 bits per heavy atom. The third-order valence-electron chi connectivity index (χ3n) is 3.38. The van der Waals surface area contributed by atoms with E-state index in [-0.39, 0.29) is 24.3 Å². The molecule has 2 aromatic heterocycles. The van der Waals surface area contributed by atoms with Crippen molar-refractivity contribution in [3.63, 3.8) is 0 Å². The maximum atomic E-state index is 12.1. The number of anilines is 1. The van der Waals surface area contributed by atoms with Crippen molar-refractivity contribution < 1.29 is 18.7 Å². The Morgan fingerprint density at radius 3 is 2.92 bits per heavy atom. The van der Waals surface area contributed by atoms with Gasteiger partial charge in [-0.1, -0.05) is 0 Å². The molecule has 2 amide bonds. The molecule has 0 aliphatic carbocycles. The number of ether oxygens (including phenoxy) is 1. The number of methoxy groups -OCH3 is 1. The molecule has 7 nitrogen and oxygen atoms in total. The van der Waals surface area contributed by atoms with Crippen LogP contribution in [0.4, 0.5) is 5.13 Å². The van der Waals surface area contributed by atoms with Gasteiger partial charge >= 0.3 is 0 Å². The van der Waals surface area contributed by atoms with E-state index in [0.717, 1.165) is 6.42 Å². The quantitative estimate of drug-likeness (QED) is 0.761. The molecular formula is C16H21N3O4S. The molecule has 0 spiro atoms. The molecule has 2 N–H and O–H groups in total. The number of amides is 2. The first-order valence-electron chi connectivity index (χ1n) is 7.57. The second-order valence-corrected chi connectivity index (χ2v) is 6.27. The van der Waals surface area contributed by atoms with E-state index < -0.39 is 0 Å². The molecule has 8 heteroatoms. The van der Waals surface area contributed by atoms with E-state index in [1.807, 2.05) is 6.92 Å². The normalized spacial score (nSPS) is 12.0. The average molecular weight is 351 g/mol. The fraction of sp³-hybridized carbons (Fsp3) is 0.438. The van der Waals surface area contributed by atoms with Crippen LogP contribution in [-0.2, 0) is 16.0 Å². The lowest BCUT2D eigenvalue weighted by atomic mass is 10.2. The molecule has 0 saturated carbocycles. The summed E-state index contributed by atoms with van der Waals surface area (Å²) in [5, 5.41) is 7.81. The van der Waals surface area contributed by atoms with Crippen LogP contribution in [0, 0.1) is 6.92 Å². The largest absolute Gasteiger partial charge is 0.469 e. The molecule has 130 valence electrons. The highest BCUT2D eigenvalue weighted by molar-refractivity contribution is 7.14. The lowest BCUT2D eigenvalue weighted by Gasteiger charge is -2.12. The lowest BCUT2D eigenvalue weighted by Crippen LogP contribution is -2.34. The Morgan fingerprint density at radius 2 is 2.25 bits per heavy atom. The minimum Gasteiger partial charge on any atom is -0.469 e. The zero-order chi connectivity index (χ0) is 17.5. The number of nitrogens with zero attached hydrogens (tertiary/aromatic N) is 1. The van der Waals surface area contributed by atoms with Crippen molar-refractivity contribution in [3.05, 3.63) is 34.7 Å². The van der Waals surface area contributed by atoms with Gasteiger partial charge in [-0.25, -0.2) is 4.98 Å². The Balaban J connectivity index is 1.85. The summed E-state index contributed by atoms with van der Waals surface area (Å²) >= 11 is 1.28. The van der Waals surface area contributed by atoms with Gasteiger partial charge in [0.2, 0.25) is 5.91 Å². The summed E-state index contributed by atoms with van der Waals surface area (Å²) in [6.45, 7) is 4.25. The highest BCUT2D eigenvalue weighted by Crippen LogP contribution is 2.18. The Kier molecular flexibility index (Phi) is 6.51. The van der Waals surface area contributed by atoms with Crippen molar-refractivity contribution >= 4 is 28.3 Å². The van der Waals surface area contributed by atoms with Crippen molar-refractivity contribution in [2.75, 3.05) is 19.0 Å². The van der Waals surface area contributed by atoms with Gasteiger partial charge in [-0.2, -0.15) is 0 Å². The highest BCUT2D eigenvalue weighted by atomic mass is 32.1.